The maximum Gasteiger partial charge on any atom is 0.227 e. The molecule has 2 aromatic heterocycles. The van der Waals surface area contributed by atoms with Crippen LogP contribution in [0.25, 0.3) is 11.5 Å². The second kappa shape index (κ2) is 8.07. The molecule has 3 aliphatic rings. The summed E-state index contributed by atoms with van der Waals surface area (Å²) < 4.78 is 18.7. The van der Waals surface area contributed by atoms with Crippen LogP contribution >= 0.6 is 11.6 Å². The molecule has 0 saturated heterocycles. The molecular weight excluding hydrogens is 462 g/mol. The SMILES string of the molecule is O=[S@]1CCc2nc(N3CCc4oc(-c5ccc(Cl)cc5)nc4C3)nc(NC3(CO)CCC3)c21. The fourth-order valence-electron chi connectivity index (χ4n) is 4.67. The van der Waals surface area contributed by atoms with Gasteiger partial charge in [-0.15, -0.1) is 0 Å². The molecule has 1 saturated carbocycles. The normalized spacial score (nSPS) is 20.8. The first kappa shape index (κ1) is 21.1. The number of oxazole rings is 1. The highest BCUT2D eigenvalue weighted by Crippen LogP contribution is 2.39. The predicted octanol–water partition coefficient (Wildman–Crippen LogP) is 3.34. The largest absolute Gasteiger partial charge is 0.441 e. The first-order chi connectivity index (χ1) is 16.0. The van der Waals surface area contributed by atoms with Gasteiger partial charge in [0.1, 0.15) is 22.2 Å². The summed E-state index contributed by atoms with van der Waals surface area (Å²) in [5.74, 6) is 3.23. The molecule has 0 bridgehead atoms. The summed E-state index contributed by atoms with van der Waals surface area (Å²) in [7, 11) is -1.12. The van der Waals surface area contributed by atoms with Gasteiger partial charge in [-0.25, -0.2) is 9.97 Å². The van der Waals surface area contributed by atoms with Gasteiger partial charge < -0.3 is 19.7 Å². The molecule has 1 fully saturated rings. The monoisotopic (exact) mass is 485 g/mol. The van der Waals surface area contributed by atoms with E-state index < -0.39 is 10.8 Å². The number of aryl methyl sites for hydroxylation is 1. The number of rotatable bonds is 5. The number of nitrogens with zero attached hydrogens (tertiary/aromatic N) is 4. The number of aromatic nitrogens is 3. The van der Waals surface area contributed by atoms with E-state index in [0.717, 1.165) is 42.0 Å². The number of hydrogen-bond donors (Lipinski definition) is 2. The van der Waals surface area contributed by atoms with E-state index in [1.165, 1.54) is 0 Å². The van der Waals surface area contributed by atoms with E-state index in [2.05, 4.69) is 10.2 Å². The molecule has 2 N–H and O–H groups in total. The third kappa shape index (κ3) is 3.72. The first-order valence-corrected chi connectivity index (χ1v) is 12.9. The van der Waals surface area contributed by atoms with Crippen LogP contribution in [0, 0.1) is 0 Å². The third-order valence-corrected chi connectivity index (χ3v) is 8.49. The lowest BCUT2D eigenvalue weighted by Gasteiger charge is -2.41. The molecule has 10 heteroatoms. The van der Waals surface area contributed by atoms with Crippen molar-refractivity contribution in [2.45, 2.75) is 49.1 Å². The quantitative estimate of drug-likeness (QED) is 0.567. The summed E-state index contributed by atoms with van der Waals surface area (Å²) in [4.78, 5) is 17.1. The maximum absolute atomic E-state index is 12.7. The van der Waals surface area contributed by atoms with E-state index in [9.17, 15) is 9.32 Å². The van der Waals surface area contributed by atoms with Crippen LogP contribution in [0.1, 0.15) is 36.4 Å². The van der Waals surface area contributed by atoms with E-state index in [0.29, 0.717) is 59.3 Å². The fraction of sp³-hybridized carbons (Fsp3) is 0.435. The lowest BCUT2D eigenvalue weighted by molar-refractivity contribution is 0.143. The molecule has 2 aliphatic heterocycles. The molecule has 0 amide bonds. The molecule has 1 atom stereocenters. The number of aliphatic hydroxyl groups is 1. The van der Waals surface area contributed by atoms with Gasteiger partial charge in [-0.05, 0) is 43.5 Å². The van der Waals surface area contributed by atoms with Crippen molar-refractivity contribution in [1.82, 2.24) is 15.0 Å². The van der Waals surface area contributed by atoms with Crippen LogP contribution in [0.4, 0.5) is 11.8 Å². The standard InChI is InChI=1S/C23H24ClN5O3S/c24-15-4-2-14(3-5-15)21-25-17-12-29(10-6-18(17)32-21)22-26-16-7-11-33(31)19(16)20(27-22)28-23(13-30)8-1-9-23/h2-5,30H,1,6-13H2,(H,26,27,28)/t33-/m0/s1. The second-order valence-corrected chi connectivity index (χ2v) is 10.9. The van der Waals surface area contributed by atoms with Crippen LogP contribution in [0.5, 0.6) is 0 Å². The zero-order valence-electron chi connectivity index (χ0n) is 18.0. The maximum atomic E-state index is 12.7. The molecule has 4 heterocycles. The number of aliphatic hydroxyl groups excluding tert-OH is 1. The zero-order valence-corrected chi connectivity index (χ0v) is 19.6. The highest BCUT2D eigenvalue weighted by Gasteiger charge is 2.39. The summed E-state index contributed by atoms with van der Waals surface area (Å²) in [5, 5.41) is 14.0. The van der Waals surface area contributed by atoms with Crippen molar-refractivity contribution in [1.29, 1.82) is 0 Å². The molecule has 33 heavy (non-hydrogen) atoms. The Hall–Kier alpha value is -2.49. The van der Waals surface area contributed by atoms with Crippen LogP contribution in [-0.2, 0) is 30.2 Å². The van der Waals surface area contributed by atoms with Gasteiger partial charge in [-0.2, -0.15) is 4.98 Å². The molecule has 1 aliphatic carbocycles. The van der Waals surface area contributed by atoms with Gasteiger partial charge in [0.2, 0.25) is 11.8 Å². The molecule has 0 radical (unpaired) electrons. The van der Waals surface area contributed by atoms with Crippen molar-refractivity contribution >= 4 is 34.2 Å². The minimum atomic E-state index is -1.12. The molecule has 0 spiro atoms. The van der Waals surface area contributed by atoms with E-state index in [-0.39, 0.29) is 12.1 Å². The van der Waals surface area contributed by atoms with Crippen molar-refractivity contribution < 1.29 is 13.7 Å². The Morgan fingerprint density at radius 2 is 1.97 bits per heavy atom. The van der Waals surface area contributed by atoms with Gasteiger partial charge in [0.05, 0.1) is 35.2 Å². The molecule has 1 aromatic carbocycles. The Kier molecular flexibility index (Phi) is 5.15. The molecular formula is C23H24ClN5O3S. The number of anilines is 2. The summed E-state index contributed by atoms with van der Waals surface area (Å²) in [5.41, 5.74) is 2.22. The lowest BCUT2D eigenvalue weighted by Crippen LogP contribution is -2.48. The van der Waals surface area contributed by atoms with E-state index >= 15 is 0 Å². The topological polar surface area (TPSA) is 104 Å². The highest BCUT2D eigenvalue weighted by atomic mass is 35.5. The van der Waals surface area contributed by atoms with Gasteiger partial charge in [0.15, 0.2) is 0 Å². The number of fused-ring (bicyclic) bond motifs is 2. The second-order valence-electron chi connectivity index (χ2n) is 8.93. The minimum absolute atomic E-state index is 0.0350. The molecule has 172 valence electrons. The van der Waals surface area contributed by atoms with E-state index in [1.54, 1.807) is 0 Å². The first-order valence-electron chi connectivity index (χ1n) is 11.2. The molecule has 6 rings (SSSR count). The van der Waals surface area contributed by atoms with Crippen LogP contribution in [0.2, 0.25) is 5.02 Å². The Balaban J connectivity index is 1.31. The van der Waals surface area contributed by atoms with Crippen molar-refractivity contribution in [3.63, 3.8) is 0 Å². The average molecular weight is 486 g/mol. The number of halogens is 1. The smallest absolute Gasteiger partial charge is 0.227 e. The van der Waals surface area contributed by atoms with Crippen LogP contribution < -0.4 is 10.2 Å². The minimum Gasteiger partial charge on any atom is -0.441 e. The molecule has 8 nitrogen and oxygen atoms in total. The van der Waals surface area contributed by atoms with Crippen LogP contribution in [0.3, 0.4) is 0 Å². The Labute approximate surface area is 198 Å². The van der Waals surface area contributed by atoms with Crippen molar-refractivity contribution in [3.05, 3.63) is 46.4 Å². The molecule has 0 unspecified atom stereocenters. The van der Waals surface area contributed by atoms with Crippen molar-refractivity contribution in [3.8, 4) is 11.5 Å². The van der Waals surface area contributed by atoms with E-state index in [1.807, 2.05) is 24.3 Å². The van der Waals surface area contributed by atoms with Crippen molar-refractivity contribution in [2.24, 2.45) is 0 Å². The van der Waals surface area contributed by atoms with Gasteiger partial charge in [-0.1, -0.05) is 11.6 Å². The summed E-state index contributed by atoms with van der Waals surface area (Å²) in [6, 6.07) is 7.45. The van der Waals surface area contributed by atoms with Gasteiger partial charge in [0.25, 0.3) is 0 Å². The Morgan fingerprint density at radius 3 is 2.70 bits per heavy atom. The lowest BCUT2D eigenvalue weighted by atomic mass is 9.77. The van der Waals surface area contributed by atoms with Gasteiger partial charge >= 0.3 is 0 Å². The summed E-state index contributed by atoms with van der Waals surface area (Å²) in [6.45, 7) is 1.28. The van der Waals surface area contributed by atoms with Crippen molar-refractivity contribution in [2.75, 3.05) is 29.1 Å². The number of nitrogens with one attached hydrogen (secondary N) is 1. The van der Waals surface area contributed by atoms with E-state index in [4.69, 9.17) is 31.0 Å². The number of hydrogen-bond acceptors (Lipinski definition) is 8. The van der Waals surface area contributed by atoms with Crippen LogP contribution in [-0.4, -0.2) is 48.7 Å². The van der Waals surface area contributed by atoms with Crippen LogP contribution in [0.15, 0.2) is 33.6 Å². The summed E-state index contributed by atoms with van der Waals surface area (Å²) >= 11 is 6.00. The predicted molar refractivity (Wildman–Crippen MR) is 126 cm³/mol. The Bertz CT molecular complexity index is 1240. The number of benzene rings is 1. The highest BCUT2D eigenvalue weighted by molar-refractivity contribution is 7.85. The molecule has 3 aromatic rings. The Morgan fingerprint density at radius 1 is 1.15 bits per heavy atom. The summed E-state index contributed by atoms with van der Waals surface area (Å²) in [6.07, 6.45) is 4.19. The van der Waals surface area contributed by atoms with Gasteiger partial charge in [0, 0.05) is 35.7 Å². The average Bonchev–Trinajstić information content (AvgIpc) is 3.39. The van der Waals surface area contributed by atoms with Gasteiger partial charge in [-0.3, -0.25) is 4.21 Å². The third-order valence-electron chi connectivity index (χ3n) is 6.77. The fourth-order valence-corrected chi connectivity index (χ4v) is 6.10. The zero-order chi connectivity index (χ0) is 22.6.